The van der Waals surface area contributed by atoms with Crippen LogP contribution < -0.4 is 20.1 Å². The number of aliphatic hydroxyl groups is 1. The van der Waals surface area contributed by atoms with Crippen molar-refractivity contribution in [1.29, 1.82) is 0 Å². The molecule has 1 aliphatic heterocycles. The van der Waals surface area contributed by atoms with Gasteiger partial charge in [-0.1, -0.05) is 26.2 Å². The van der Waals surface area contributed by atoms with Crippen molar-refractivity contribution in [3.8, 4) is 11.5 Å². The molecule has 2 aromatic carbocycles. The zero-order valence-electron chi connectivity index (χ0n) is 29.2. The van der Waals surface area contributed by atoms with E-state index < -0.39 is 6.04 Å². The van der Waals surface area contributed by atoms with E-state index in [1.54, 1.807) is 73.3 Å². The second-order valence-corrected chi connectivity index (χ2v) is 13.4. The SMILES string of the molecule is COc1ccc(NC(=O)N(C)C[C@H]2OCCCC[C@@H](C)Oc3ccc(NC(=O)C4CCCCC4)cc3C(=O)N([C@@H](C)CO)C[C@@H]2C)cc1. The van der Waals surface area contributed by atoms with Gasteiger partial charge < -0.3 is 39.8 Å². The van der Waals surface area contributed by atoms with Gasteiger partial charge in [0.15, 0.2) is 0 Å². The Kier molecular flexibility index (Phi) is 13.9. The number of rotatable bonds is 8. The van der Waals surface area contributed by atoms with E-state index in [0.29, 0.717) is 41.6 Å². The van der Waals surface area contributed by atoms with Crippen molar-refractivity contribution < 1.29 is 33.7 Å². The predicted octanol–water partition coefficient (Wildman–Crippen LogP) is 6.17. The Morgan fingerprint density at radius 3 is 2.38 bits per heavy atom. The van der Waals surface area contributed by atoms with Crippen molar-refractivity contribution in [1.82, 2.24) is 9.80 Å². The van der Waals surface area contributed by atoms with Crippen molar-refractivity contribution in [2.75, 3.05) is 51.1 Å². The van der Waals surface area contributed by atoms with E-state index in [2.05, 4.69) is 10.6 Å². The number of ether oxygens (including phenoxy) is 3. The van der Waals surface area contributed by atoms with Crippen LogP contribution in [0, 0.1) is 11.8 Å². The van der Waals surface area contributed by atoms with E-state index in [1.807, 2.05) is 13.8 Å². The number of benzene rings is 2. The fraction of sp³-hybridized carbons (Fsp3) is 0.595. The first-order valence-corrected chi connectivity index (χ1v) is 17.4. The number of hydrogen-bond acceptors (Lipinski definition) is 7. The molecule has 0 aromatic heterocycles. The molecule has 0 bridgehead atoms. The fourth-order valence-corrected chi connectivity index (χ4v) is 6.32. The summed E-state index contributed by atoms with van der Waals surface area (Å²) in [6.45, 7) is 6.61. The molecule has 11 nitrogen and oxygen atoms in total. The smallest absolute Gasteiger partial charge is 0.321 e. The van der Waals surface area contributed by atoms with Crippen LogP contribution >= 0.6 is 0 Å². The summed E-state index contributed by atoms with van der Waals surface area (Å²) in [6, 6.07) is 11.6. The van der Waals surface area contributed by atoms with E-state index in [-0.39, 0.29) is 55.0 Å². The summed E-state index contributed by atoms with van der Waals surface area (Å²) >= 11 is 0. The molecule has 0 radical (unpaired) electrons. The molecule has 11 heteroatoms. The minimum Gasteiger partial charge on any atom is -0.497 e. The van der Waals surface area contributed by atoms with Crippen LogP contribution in [0.25, 0.3) is 0 Å². The lowest BCUT2D eigenvalue weighted by Crippen LogP contribution is -2.48. The van der Waals surface area contributed by atoms with Gasteiger partial charge in [0, 0.05) is 50.0 Å². The maximum atomic E-state index is 14.4. The van der Waals surface area contributed by atoms with Crippen LogP contribution in [0.4, 0.5) is 16.2 Å². The number of likely N-dealkylation sites (N-methyl/N-ethyl adjacent to an activating group) is 1. The Labute approximate surface area is 285 Å². The molecular formula is C37H54N4O7. The maximum Gasteiger partial charge on any atom is 0.321 e. The van der Waals surface area contributed by atoms with Gasteiger partial charge >= 0.3 is 6.03 Å². The number of anilines is 2. The number of amides is 4. The molecule has 4 atom stereocenters. The second-order valence-electron chi connectivity index (χ2n) is 13.4. The van der Waals surface area contributed by atoms with E-state index in [4.69, 9.17) is 14.2 Å². The summed E-state index contributed by atoms with van der Waals surface area (Å²) in [6.07, 6.45) is 6.90. The molecule has 4 rings (SSSR count). The third-order valence-corrected chi connectivity index (χ3v) is 9.44. The number of hydrogen-bond donors (Lipinski definition) is 3. The lowest BCUT2D eigenvalue weighted by atomic mass is 9.88. The molecule has 1 aliphatic carbocycles. The molecule has 4 amide bonds. The zero-order valence-corrected chi connectivity index (χ0v) is 29.2. The second kappa shape index (κ2) is 18.1. The predicted molar refractivity (Wildman–Crippen MR) is 187 cm³/mol. The quantitative estimate of drug-likeness (QED) is 0.307. The third-order valence-electron chi connectivity index (χ3n) is 9.44. The number of nitrogens with one attached hydrogen (secondary N) is 2. The standard InChI is InChI=1S/C37H54N4O7/c1-25-22-41(26(2)24-42)36(44)32-21-30(38-35(43)28-12-7-6-8-13-28)16-19-33(32)48-27(3)11-9-10-20-47-34(25)23-40(4)37(45)39-29-14-17-31(46-5)18-15-29/h14-19,21,25-28,34,42H,6-13,20,22-24H2,1-5H3,(H,38,43)(H,39,45)/t25-,26-,27+,34+/m0/s1. The van der Waals surface area contributed by atoms with Gasteiger partial charge in [0.1, 0.15) is 11.5 Å². The van der Waals surface area contributed by atoms with Crippen LogP contribution in [-0.4, -0.2) is 91.5 Å². The fourth-order valence-electron chi connectivity index (χ4n) is 6.32. The first-order valence-electron chi connectivity index (χ1n) is 17.4. The van der Waals surface area contributed by atoms with E-state index in [1.165, 1.54) is 0 Å². The summed E-state index contributed by atoms with van der Waals surface area (Å²) in [7, 11) is 3.31. The number of methoxy groups -OCH3 is 1. The third kappa shape index (κ3) is 10.3. The van der Waals surface area contributed by atoms with Gasteiger partial charge in [0.25, 0.3) is 5.91 Å². The largest absolute Gasteiger partial charge is 0.497 e. The summed E-state index contributed by atoms with van der Waals surface area (Å²) in [5, 5.41) is 16.2. The van der Waals surface area contributed by atoms with Crippen molar-refractivity contribution in [3.63, 3.8) is 0 Å². The first kappa shape index (κ1) is 37.0. The maximum absolute atomic E-state index is 14.4. The monoisotopic (exact) mass is 666 g/mol. The van der Waals surface area contributed by atoms with Gasteiger partial charge in [-0.25, -0.2) is 4.79 Å². The first-order chi connectivity index (χ1) is 23.1. The van der Waals surface area contributed by atoms with Gasteiger partial charge in [0.2, 0.25) is 5.91 Å². The van der Waals surface area contributed by atoms with Crippen molar-refractivity contribution in [2.24, 2.45) is 11.8 Å². The molecule has 2 aromatic rings. The van der Waals surface area contributed by atoms with Crippen molar-refractivity contribution in [2.45, 2.75) is 90.4 Å². The number of fused-ring (bicyclic) bond motifs is 1. The molecule has 0 unspecified atom stereocenters. The van der Waals surface area contributed by atoms with Gasteiger partial charge in [-0.15, -0.1) is 0 Å². The molecule has 0 saturated heterocycles. The highest BCUT2D eigenvalue weighted by Gasteiger charge is 2.31. The molecular weight excluding hydrogens is 612 g/mol. The molecule has 264 valence electrons. The average molecular weight is 667 g/mol. The Hall–Kier alpha value is -3.83. The topological polar surface area (TPSA) is 130 Å². The Balaban J connectivity index is 1.56. The number of carbonyl (C=O) groups excluding carboxylic acids is 3. The average Bonchev–Trinajstić information content (AvgIpc) is 3.10. The number of aliphatic hydroxyl groups excluding tert-OH is 1. The molecule has 1 saturated carbocycles. The van der Waals surface area contributed by atoms with Crippen molar-refractivity contribution >= 4 is 29.2 Å². The van der Waals surface area contributed by atoms with E-state index in [0.717, 1.165) is 51.4 Å². The lowest BCUT2D eigenvalue weighted by molar-refractivity contribution is -0.120. The summed E-state index contributed by atoms with van der Waals surface area (Å²) < 4.78 is 17.9. The minimum atomic E-state index is -0.504. The normalized spacial score (nSPS) is 22.0. The van der Waals surface area contributed by atoms with Gasteiger partial charge in [-0.05, 0) is 88.4 Å². The van der Waals surface area contributed by atoms with E-state index in [9.17, 15) is 19.5 Å². The van der Waals surface area contributed by atoms with Crippen LogP contribution in [0.3, 0.4) is 0 Å². The summed E-state index contributed by atoms with van der Waals surface area (Å²) in [5.74, 6) is 0.598. The Morgan fingerprint density at radius 1 is 1.00 bits per heavy atom. The van der Waals surface area contributed by atoms with Crippen LogP contribution in [0.2, 0.25) is 0 Å². The molecule has 1 heterocycles. The van der Waals surface area contributed by atoms with Crippen molar-refractivity contribution in [3.05, 3.63) is 48.0 Å². The molecule has 48 heavy (non-hydrogen) atoms. The Bertz CT molecular complexity index is 1350. The number of nitrogens with zero attached hydrogens (tertiary/aromatic N) is 2. The minimum absolute atomic E-state index is 0.0216. The van der Waals surface area contributed by atoms with Gasteiger partial charge in [-0.3, -0.25) is 9.59 Å². The van der Waals surface area contributed by atoms with Crippen LogP contribution in [0.1, 0.15) is 82.5 Å². The highest BCUT2D eigenvalue weighted by atomic mass is 16.5. The van der Waals surface area contributed by atoms with E-state index >= 15 is 0 Å². The van der Waals surface area contributed by atoms with Crippen LogP contribution in [-0.2, 0) is 9.53 Å². The molecule has 3 N–H and O–H groups in total. The lowest BCUT2D eigenvalue weighted by Gasteiger charge is -2.35. The summed E-state index contributed by atoms with van der Waals surface area (Å²) in [5.41, 5.74) is 1.53. The zero-order chi connectivity index (χ0) is 34.6. The van der Waals surface area contributed by atoms with Gasteiger partial charge in [-0.2, -0.15) is 0 Å². The van der Waals surface area contributed by atoms with Gasteiger partial charge in [0.05, 0.1) is 37.5 Å². The molecule has 1 fully saturated rings. The molecule has 2 aliphatic rings. The summed E-state index contributed by atoms with van der Waals surface area (Å²) in [4.78, 5) is 43.8. The molecule has 0 spiro atoms. The van der Waals surface area contributed by atoms with Crippen LogP contribution in [0.15, 0.2) is 42.5 Å². The highest BCUT2D eigenvalue weighted by molar-refractivity contribution is 6.00. The number of urea groups is 1. The van der Waals surface area contributed by atoms with Crippen LogP contribution in [0.5, 0.6) is 11.5 Å². The Morgan fingerprint density at radius 2 is 1.69 bits per heavy atom. The number of carbonyl (C=O) groups is 3. The highest BCUT2D eigenvalue weighted by Crippen LogP contribution is 2.30.